The first-order valence-corrected chi connectivity index (χ1v) is 21.8. The predicted molar refractivity (Wildman–Crippen MR) is 207 cm³/mol. The number of Topliss-reactive ketones (excluding diaryl/α,β-unsaturated/α-hetero) is 1. The Morgan fingerprint density at radius 1 is 0.685 bits per heavy atom. The van der Waals surface area contributed by atoms with Gasteiger partial charge >= 0.3 is 6.03 Å². The maximum absolute atomic E-state index is 12.5. The van der Waals surface area contributed by atoms with Gasteiger partial charge < -0.3 is 41.7 Å². The quantitative estimate of drug-likeness (QED) is 0.0246. The first kappa shape index (κ1) is 43.8. The van der Waals surface area contributed by atoms with Crippen molar-refractivity contribution in [1.82, 2.24) is 31.9 Å². The number of epoxide rings is 1. The Hall–Kier alpha value is -2.91. The smallest absolute Gasteiger partial charge is 0.315 e. The summed E-state index contributed by atoms with van der Waals surface area (Å²) in [5.41, 5.74) is -2.92. The van der Waals surface area contributed by atoms with Gasteiger partial charge in [-0.25, -0.2) is 4.79 Å². The number of thioether (sulfide) groups is 1. The molecule has 0 spiro atoms. The molecular formula is C39H66N6O8S. The molecule has 54 heavy (non-hydrogen) atoms. The number of carbonyl (C=O) groups is 6. The van der Waals surface area contributed by atoms with E-state index in [0.29, 0.717) is 50.6 Å². The summed E-state index contributed by atoms with van der Waals surface area (Å²) < 4.78 is 5.31. The van der Waals surface area contributed by atoms with Crippen molar-refractivity contribution in [2.24, 2.45) is 0 Å². The summed E-state index contributed by atoms with van der Waals surface area (Å²) in [6.07, 6.45) is 18.3. The molecule has 14 nitrogen and oxygen atoms in total. The maximum Gasteiger partial charge on any atom is 0.315 e. The molecule has 4 saturated heterocycles. The summed E-state index contributed by atoms with van der Waals surface area (Å²) in [4.78, 5) is 72.4. The highest BCUT2D eigenvalue weighted by molar-refractivity contribution is 8.00. The second kappa shape index (κ2) is 22.6. The zero-order chi connectivity index (χ0) is 38.8. The van der Waals surface area contributed by atoms with Gasteiger partial charge in [0, 0.05) is 56.3 Å². The van der Waals surface area contributed by atoms with E-state index in [1.165, 1.54) is 6.92 Å². The van der Waals surface area contributed by atoms with Crippen LogP contribution in [0.5, 0.6) is 0 Å². The average molecular weight is 779 g/mol. The van der Waals surface area contributed by atoms with Gasteiger partial charge in [0.25, 0.3) is 5.91 Å². The molecule has 0 aromatic rings. The van der Waals surface area contributed by atoms with Crippen LogP contribution in [0.3, 0.4) is 0 Å². The van der Waals surface area contributed by atoms with Crippen molar-refractivity contribution in [3.05, 3.63) is 0 Å². The molecule has 6 amide bonds. The summed E-state index contributed by atoms with van der Waals surface area (Å²) >= 11 is 1.90. The minimum absolute atomic E-state index is 0.0564. The standard InChI is InChI=1S/C39H66N6O8S/c1-38(52)35-39(53-35,36(50)45-38)30(46)20-11-7-5-3-2-4-6-8-16-24-40-31(47)21-12-9-17-25-41-32(48)22-13-10-18-26-42-33(49)23-15-14-19-29-34-28(27-54-29)43-37(51)44-34/h28-29,34-35,52H,2-27H2,1H3,(H,40,47)(H,41,48)(H,42,49)(H,45,50)(H2,43,44,51)/t28-,29-,34-,35-,38?,39+/m0/s1. The van der Waals surface area contributed by atoms with Crippen molar-refractivity contribution in [3.63, 3.8) is 0 Å². The van der Waals surface area contributed by atoms with E-state index >= 15 is 0 Å². The molecule has 4 aliphatic rings. The summed E-state index contributed by atoms with van der Waals surface area (Å²) in [6, 6.07) is 0.397. The van der Waals surface area contributed by atoms with Crippen LogP contribution in [0.15, 0.2) is 0 Å². The van der Waals surface area contributed by atoms with E-state index in [2.05, 4.69) is 31.9 Å². The van der Waals surface area contributed by atoms with Crippen molar-refractivity contribution in [3.8, 4) is 0 Å². The largest absolute Gasteiger partial charge is 0.368 e. The number of hydrogen-bond acceptors (Lipinski definition) is 9. The van der Waals surface area contributed by atoms with E-state index in [1.807, 2.05) is 11.8 Å². The SMILES string of the molecule is CC1(O)NC(=O)[C@]2(C(=O)CCCCCCCCCCCNC(=O)CCCCCNC(=O)CCCCCNC(=O)CCCC[C@@H]3SC[C@@H]4NC(=O)N[C@@H]43)O[C@@H]12. The molecule has 306 valence electrons. The number of fused-ring (bicyclic) bond motifs is 2. The second-order valence-electron chi connectivity index (χ2n) is 15.7. The number of amides is 6. The third-order valence-corrected chi connectivity index (χ3v) is 12.5. The first-order valence-electron chi connectivity index (χ1n) is 20.8. The Bertz CT molecular complexity index is 1270. The van der Waals surface area contributed by atoms with E-state index in [4.69, 9.17) is 4.74 Å². The van der Waals surface area contributed by atoms with Crippen LogP contribution in [0.25, 0.3) is 0 Å². The highest BCUT2D eigenvalue weighted by atomic mass is 32.2. The highest BCUT2D eigenvalue weighted by Gasteiger charge is 2.78. The van der Waals surface area contributed by atoms with Gasteiger partial charge in [-0.3, -0.25) is 24.0 Å². The van der Waals surface area contributed by atoms with E-state index in [-0.39, 0.29) is 41.6 Å². The van der Waals surface area contributed by atoms with Gasteiger partial charge in [0.1, 0.15) is 0 Å². The third kappa shape index (κ3) is 14.0. The van der Waals surface area contributed by atoms with Crippen LogP contribution in [-0.2, 0) is 28.7 Å². The molecule has 0 saturated carbocycles. The molecular weight excluding hydrogens is 713 g/mol. The normalized spacial score (nSPS) is 26.3. The van der Waals surface area contributed by atoms with Crippen LogP contribution >= 0.6 is 11.8 Å². The lowest BCUT2D eigenvalue weighted by atomic mass is 9.94. The highest BCUT2D eigenvalue weighted by Crippen LogP contribution is 2.49. The molecule has 0 aromatic heterocycles. The Balaban J connectivity index is 0.820. The Morgan fingerprint density at radius 3 is 1.65 bits per heavy atom. The lowest BCUT2D eigenvalue weighted by Crippen LogP contribution is -2.45. The topological polar surface area (TPSA) is 207 Å². The molecule has 0 aromatic carbocycles. The molecule has 1 unspecified atom stereocenters. The Morgan fingerprint density at radius 2 is 1.15 bits per heavy atom. The molecule has 4 aliphatic heterocycles. The van der Waals surface area contributed by atoms with E-state index < -0.39 is 23.3 Å². The monoisotopic (exact) mass is 778 g/mol. The molecule has 0 radical (unpaired) electrons. The number of rotatable bonds is 30. The second-order valence-corrected chi connectivity index (χ2v) is 17.0. The van der Waals surface area contributed by atoms with Gasteiger partial charge in [-0.2, -0.15) is 11.8 Å². The maximum atomic E-state index is 12.5. The summed E-state index contributed by atoms with van der Waals surface area (Å²) in [5.74, 6) is 0.435. The lowest BCUT2D eigenvalue weighted by Gasteiger charge is -2.16. The minimum atomic E-state index is -1.47. The number of urea groups is 1. The molecule has 7 N–H and O–H groups in total. The number of carbonyl (C=O) groups excluding carboxylic acids is 6. The predicted octanol–water partition coefficient (Wildman–Crippen LogP) is 3.63. The Labute approximate surface area is 325 Å². The summed E-state index contributed by atoms with van der Waals surface area (Å²) in [7, 11) is 0. The fourth-order valence-electron chi connectivity index (χ4n) is 7.79. The van der Waals surface area contributed by atoms with E-state index in [0.717, 1.165) is 121 Å². The van der Waals surface area contributed by atoms with Gasteiger partial charge in [-0.1, -0.05) is 64.2 Å². The molecule has 4 fully saturated rings. The van der Waals surface area contributed by atoms with Crippen LogP contribution in [-0.4, -0.2) is 101 Å². The van der Waals surface area contributed by atoms with Crippen molar-refractivity contribution >= 4 is 47.2 Å². The zero-order valence-electron chi connectivity index (χ0n) is 32.4. The molecule has 6 atom stereocenters. The number of ether oxygens (including phenoxy) is 1. The third-order valence-electron chi connectivity index (χ3n) is 11.0. The van der Waals surface area contributed by atoms with Crippen LogP contribution in [0.1, 0.15) is 148 Å². The van der Waals surface area contributed by atoms with Gasteiger partial charge in [0.15, 0.2) is 17.6 Å². The number of unbranched alkanes of at least 4 members (excludes halogenated alkanes) is 13. The molecule has 15 heteroatoms. The van der Waals surface area contributed by atoms with Crippen molar-refractivity contribution < 1.29 is 38.6 Å². The minimum Gasteiger partial charge on any atom is -0.368 e. The van der Waals surface area contributed by atoms with E-state index in [1.54, 1.807) is 0 Å². The number of morpholine rings is 1. The van der Waals surface area contributed by atoms with Crippen LogP contribution in [0.2, 0.25) is 0 Å². The number of hydrogen-bond donors (Lipinski definition) is 7. The van der Waals surface area contributed by atoms with Gasteiger partial charge in [0.05, 0.1) is 12.1 Å². The average Bonchev–Trinajstić information content (AvgIpc) is 3.61. The summed E-state index contributed by atoms with van der Waals surface area (Å²) in [5, 5.41) is 27.9. The van der Waals surface area contributed by atoms with Crippen LogP contribution in [0, 0.1) is 0 Å². The number of ketones is 1. The number of nitrogens with one attached hydrogen (secondary N) is 6. The fraction of sp³-hybridized carbons (Fsp3) is 0.846. The van der Waals surface area contributed by atoms with Crippen LogP contribution < -0.4 is 31.9 Å². The molecule has 4 heterocycles. The Kier molecular flexibility index (Phi) is 18.3. The zero-order valence-corrected chi connectivity index (χ0v) is 33.2. The van der Waals surface area contributed by atoms with Gasteiger partial charge in [-0.05, 0) is 58.3 Å². The fourth-order valence-corrected chi connectivity index (χ4v) is 9.34. The van der Waals surface area contributed by atoms with Crippen molar-refractivity contribution in [2.45, 2.75) is 183 Å². The van der Waals surface area contributed by atoms with Crippen LogP contribution in [0.4, 0.5) is 4.79 Å². The van der Waals surface area contributed by atoms with Crippen molar-refractivity contribution in [2.75, 3.05) is 25.4 Å². The molecule has 4 rings (SSSR count). The van der Waals surface area contributed by atoms with Gasteiger partial charge in [-0.15, -0.1) is 0 Å². The first-order chi connectivity index (χ1) is 26.0. The molecule has 0 aliphatic carbocycles. The lowest BCUT2D eigenvalue weighted by molar-refractivity contribution is -0.138. The molecule has 0 bridgehead atoms. The summed E-state index contributed by atoms with van der Waals surface area (Å²) in [6.45, 7) is 3.42. The van der Waals surface area contributed by atoms with Gasteiger partial charge in [0.2, 0.25) is 23.3 Å². The number of aliphatic hydroxyl groups is 1. The van der Waals surface area contributed by atoms with Crippen molar-refractivity contribution in [1.29, 1.82) is 0 Å². The van der Waals surface area contributed by atoms with E-state index in [9.17, 15) is 33.9 Å².